The van der Waals surface area contributed by atoms with Crippen molar-refractivity contribution in [3.05, 3.63) is 40.5 Å². The number of hydrogen-bond acceptors (Lipinski definition) is 4. The third-order valence-electron chi connectivity index (χ3n) is 4.50. The molecular weight excluding hydrogens is 336 g/mol. The topological polar surface area (TPSA) is 67.4 Å². The number of benzene rings is 1. The summed E-state index contributed by atoms with van der Waals surface area (Å²) in [4.78, 5) is 25.5. The molecule has 0 spiro atoms. The minimum Gasteiger partial charge on any atom is -0.496 e. The molecule has 1 aromatic carbocycles. The summed E-state index contributed by atoms with van der Waals surface area (Å²) in [5.41, 5.74) is 1.19. The predicted octanol–water partition coefficient (Wildman–Crippen LogP) is 3.68. The highest BCUT2D eigenvalue weighted by molar-refractivity contribution is 8.04. The van der Waals surface area contributed by atoms with Gasteiger partial charge in [0, 0.05) is 23.0 Å². The largest absolute Gasteiger partial charge is 0.496 e. The molecule has 0 unspecified atom stereocenters. The number of nitrogens with one attached hydrogen (secondary N) is 2. The molecular formula is C19H24N2O3S. The van der Waals surface area contributed by atoms with Crippen molar-refractivity contribution >= 4 is 29.3 Å². The van der Waals surface area contributed by atoms with Gasteiger partial charge in [-0.05, 0) is 38.0 Å². The number of hydrogen-bond donors (Lipinski definition) is 2. The number of carbonyl (C=O) groups excluding carboxylic acids is 2. The van der Waals surface area contributed by atoms with Crippen molar-refractivity contribution in [3.63, 3.8) is 0 Å². The number of allylic oxidation sites excluding steroid dienone is 1. The molecule has 5 nitrogen and oxygen atoms in total. The molecule has 1 aromatic rings. The van der Waals surface area contributed by atoms with E-state index in [0.717, 1.165) is 18.6 Å². The Hall–Kier alpha value is -1.95. The van der Waals surface area contributed by atoms with E-state index in [2.05, 4.69) is 10.6 Å². The second-order valence-electron chi connectivity index (χ2n) is 6.43. The van der Waals surface area contributed by atoms with Crippen LogP contribution in [0.5, 0.6) is 0 Å². The fourth-order valence-corrected chi connectivity index (χ4v) is 3.99. The first-order valence-corrected chi connectivity index (χ1v) is 9.81. The number of carbonyl (C=O) groups is 2. The van der Waals surface area contributed by atoms with Crippen LogP contribution < -0.4 is 10.6 Å². The first-order chi connectivity index (χ1) is 12.1. The second-order valence-corrected chi connectivity index (χ2v) is 7.53. The van der Waals surface area contributed by atoms with E-state index in [-0.39, 0.29) is 17.9 Å². The summed E-state index contributed by atoms with van der Waals surface area (Å²) in [6.45, 7) is 2.43. The first-order valence-electron chi connectivity index (χ1n) is 8.82. The molecule has 1 aliphatic carbocycles. The zero-order valence-corrected chi connectivity index (χ0v) is 15.3. The van der Waals surface area contributed by atoms with Gasteiger partial charge in [0.25, 0.3) is 11.8 Å². The lowest BCUT2D eigenvalue weighted by atomic mass is 9.95. The molecule has 1 aliphatic heterocycles. The lowest BCUT2D eigenvalue weighted by molar-refractivity contribution is -0.112. The number of amides is 2. The maximum absolute atomic E-state index is 12.4. The van der Waals surface area contributed by atoms with Crippen LogP contribution >= 0.6 is 11.8 Å². The number of anilines is 1. The Kier molecular flexibility index (Phi) is 6.02. The second kappa shape index (κ2) is 8.43. The fraction of sp³-hybridized carbons (Fsp3) is 0.474. The van der Waals surface area contributed by atoms with Gasteiger partial charge in [0.05, 0.1) is 6.61 Å². The van der Waals surface area contributed by atoms with E-state index in [1.54, 1.807) is 31.2 Å². The summed E-state index contributed by atoms with van der Waals surface area (Å²) >= 11 is 1.50. The third kappa shape index (κ3) is 4.78. The molecule has 2 N–H and O–H groups in total. The lowest BCUT2D eigenvalue weighted by Crippen LogP contribution is -2.36. The van der Waals surface area contributed by atoms with Crippen LogP contribution in [0.2, 0.25) is 0 Å². The summed E-state index contributed by atoms with van der Waals surface area (Å²) < 4.78 is 5.43. The molecule has 3 rings (SSSR count). The number of ether oxygens (including phenoxy) is 1. The monoisotopic (exact) mass is 360 g/mol. The normalized spacial score (nSPS) is 18.4. The molecule has 1 heterocycles. The van der Waals surface area contributed by atoms with Gasteiger partial charge in [-0.2, -0.15) is 0 Å². The van der Waals surface area contributed by atoms with E-state index in [9.17, 15) is 9.59 Å². The van der Waals surface area contributed by atoms with E-state index < -0.39 is 0 Å². The van der Waals surface area contributed by atoms with Gasteiger partial charge in [0.2, 0.25) is 0 Å². The van der Waals surface area contributed by atoms with Crippen molar-refractivity contribution in [2.24, 2.45) is 0 Å². The number of rotatable bonds is 4. The Labute approximate surface area is 152 Å². The van der Waals surface area contributed by atoms with Crippen molar-refractivity contribution in [2.45, 2.75) is 45.1 Å². The molecule has 1 fully saturated rings. The summed E-state index contributed by atoms with van der Waals surface area (Å²) in [5.74, 6) is 1.16. The van der Waals surface area contributed by atoms with Gasteiger partial charge >= 0.3 is 0 Å². The predicted molar refractivity (Wildman–Crippen MR) is 101 cm³/mol. The Morgan fingerprint density at radius 3 is 2.72 bits per heavy atom. The van der Waals surface area contributed by atoms with Gasteiger partial charge in [-0.1, -0.05) is 25.3 Å². The van der Waals surface area contributed by atoms with Gasteiger partial charge in [-0.15, -0.1) is 11.8 Å². The van der Waals surface area contributed by atoms with Crippen molar-refractivity contribution in [2.75, 3.05) is 17.7 Å². The number of thioether (sulfide) groups is 1. The first kappa shape index (κ1) is 17.9. The maximum atomic E-state index is 12.4. The standard InChI is InChI=1S/C19H24N2O3S/c1-13-17(25-11-10-24-13)19(23)21-16-9-5-6-14(12-16)18(22)20-15-7-3-2-4-8-15/h5-6,9,12,15H,2-4,7-8,10-11H2,1H3,(H,20,22)(H,21,23). The van der Waals surface area contributed by atoms with Gasteiger partial charge < -0.3 is 15.4 Å². The van der Waals surface area contributed by atoms with Crippen LogP contribution in [0.15, 0.2) is 34.9 Å². The molecule has 25 heavy (non-hydrogen) atoms. The van der Waals surface area contributed by atoms with Crippen LogP contribution in [0.4, 0.5) is 5.69 Å². The molecule has 0 radical (unpaired) electrons. The zero-order valence-electron chi connectivity index (χ0n) is 14.5. The van der Waals surface area contributed by atoms with Crippen LogP contribution in [0.25, 0.3) is 0 Å². The van der Waals surface area contributed by atoms with Crippen LogP contribution in [-0.2, 0) is 9.53 Å². The SMILES string of the molecule is CC1=C(C(=O)Nc2cccc(C(=O)NC3CCCCC3)c2)SCCO1. The average molecular weight is 360 g/mol. The summed E-state index contributed by atoms with van der Waals surface area (Å²) in [5, 5.41) is 5.96. The Morgan fingerprint density at radius 1 is 1.16 bits per heavy atom. The van der Waals surface area contributed by atoms with Crippen LogP contribution in [0, 0.1) is 0 Å². The highest BCUT2D eigenvalue weighted by Crippen LogP contribution is 2.26. The minimum atomic E-state index is -0.188. The Balaban J connectivity index is 1.64. The van der Waals surface area contributed by atoms with Gasteiger partial charge in [-0.25, -0.2) is 0 Å². The zero-order chi connectivity index (χ0) is 17.6. The van der Waals surface area contributed by atoms with Crippen molar-refractivity contribution in [1.82, 2.24) is 5.32 Å². The molecule has 6 heteroatoms. The Bertz CT molecular complexity index is 681. The minimum absolute atomic E-state index is 0.0752. The van der Waals surface area contributed by atoms with Crippen molar-refractivity contribution < 1.29 is 14.3 Å². The maximum Gasteiger partial charge on any atom is 0.265 e. The lowest BCUT2D eigenvalue weighted by Gasteiger charge is -2.23. The van der Waals surface area contributed by atoms with Crippen LogP contribution in [0.3, 0.4) is 0 Å². The van der Waals surface area contributed by atoms with Crippen molar-refractivity contribution in [3.8, 4) is 0 Å². The van der Waals surface area contributed by atoms with Crippen LogP contribution in [0.1, 0.15) is 49.4 Å². The average Bonchev–Trinajstić information content (AvgIpc) is 2.63. The summed E-state index contributed by atoms with van der Waals surface area (Å²) in [7, 11) is 0. The molecule has 134 valence electrons. The summed E-state index contributed by atoms with van der Waals surface area (Å²) in [6, 6.07) is 7.34. The molecule has 1 saturated carbocycles. The third-order valence-corrected chi connectivity index (χ3v) is 5.63. The fourth-order valence-electron chi connectivity index (χ4n) is 3.17. The van der Waals surface area contributed by atoms with Gasteiger partial charge in [-0.3, -0.25) is 9.59 Å². The molecule has 2 amide bonds. The highest BCUT2D eigenvalue weighted by Gasteiger charge is 2.20. The van der Waals surface area contributed by atoms with Gasteiger partial charge in [0.15, 0.2) is 0 Å². The molecule has 2 aliphatic rings. The van der Waals surface area contributed by atoms with E-state index >= 15 is 0 Å². The Morgan fingerprint density at radius 2 is 1.96 bits per heavy atom. The summed E-state index contributed by atoms with van der Waals surface area (Å²) in [6.07, 6.45) is 5.70. The van der Waals surface area contributed by atoms with Crippen molar-refractivity contribution in [1.29, 1.82) is 0 Å². The van der Waals surface area contributed by atoms with E-state index in [4.69, 9.17) is 4.74 Å². The van der Waals surface area contributed by atoms with E-state index in [0.29, 0.717) is 28.5 Å². The highest BCUT2D eigenvalue weighted by atomic mass is 32.2. The molecule has 0 aromatic heterocycles. The van der Waals surface area contributed by atoms with E-state index in [1.807, 2.05) is 0 Å². The molecule has 0 saturated heterocycles. The quantitative estimate of drug-likeness (QED) is 0.859. The van der Waals surface area contributed by atoms with Gasteiger partial charge in [0.1, 0.15) is 10.7 Å². The van der Waals surface area contributed by atoms with Crippen LogP contribution in [-0.4, -0.2) is 30.2 Å². The van der Waals surface area contributed by atoms with E-state index in [1.165, 1.54) is 31.0 Å². The smallest absolute Gasteiger partial charge is 0.265 e. The molecule has 0 atom stereocenters. The molecule has 0 bridgehead atoms.